The lowest BCUT2D eigenvalue weighted by Gasteiger charge is -2.16. The first-order valence-electron chi connectivity index (χ1n) is 8.71. The maximum Gasteiger partial charge on any atom is 0.416 e. The summed E-state index contributed by atoms with van der Waals surface area (Å²) in [6, 6.07) is 9.02. The number of rotatable bonds is 5. The molecule has 1 atom stereocenters. The molecule has 0 aliphatic rings. The molecule has 0 bridgehead atoms. The molecule has 0 saturated carbocycles. The van der Waals surface area contributed by atoms with Crippen LogP contribution >= 0.6 is 0 Å². The van der Waals surface area contributed by atoms with E-state index in [1.54, 1.807) is 13.0 Å². The average Bonchev–Trinajstić information content (AvgIpc) is 2.70. The number of nitrogens with zero attached hydrogens (tertiary/aromatic N) is 1. The second kappa shape index (κ2) is 8.04. The number of hydrogen-bond acceptors (Lipinski definition) is 5. The normalized spacial score (nSPS) is 12.7. The zero-order chi connectivity index (χ0) is 21.2. The molecule has 0 spiro atoms. The number of aromatic amines is 1. The zero-order valence-electron chi connectivity index (χ0n) is 15.6. The van der Waals surface area contributed by atoms with Gasteiger partial charge in [0.1, 0.15) is 5.82 Å². The van der Waals surface area contributed by atoms with Crippen LogP contribution in [-0.2, 0) is 17.5 Å². The summed E-state index contributed by atoms with van der Waals surface area (Å²) in [6.07, 6.45) is -4.42. The number of benzene rings is 2. The molecule has 9 heteroatoms. The molecule has 0 saturated heterocycles. The SMILES string of the molecule is COC(=O)c1ccc2c(=O)[nH]c(CNC(C)c3cccc(C(F)(F)F)c3)nc2c1. The van der Waals surface area contributed by atoms with Crippen LogP contribution in [0.25, 0.3) is 10.9 Å². The van der Waals surface area contributed by atoms with Crippen molar-refractivity contribution in [3.8, 4) is 0 Å². The third-order valence-electron chi connectivity index (χ3n) is 4.47. The molecule has 152 valence electrons. The van der Waals surface area contributed by atoms with Crippen LogP contribution in [-0.4, -0.2) is 23.0 Å². The van der Waals surface area contributed by atoms with Crippen molar-refractivity contribution in [2.24, 2.45) is 0 Å². The number of fused-ring (bicyclic) bond motifs is 1. The minimum Gasteiger partial charge on any atom is -0.465 e. The zero-order valence-corrected chi connectivity index (χ0v) is 15.6. The molecule has 1 unspecified atom stereocenters. The van der Waals surface area contributed by atoms with Crippen LogP contribution in [0.15, 0.2) is 47.3 Å². The summed E-state index contributed by atoms with van der Waals surface area (Å²) in [4.78, 5) is 30.9. The quantitative estimate of drug-likeness (QED) is 0.634. The van der Waals surface area contributed by atoms with Crippen LogP contribution in [0.2, 0.25) is 0 Å². The number of ether oxygens (including phenoxy) is 1. The van der Waals surface area contributed by atoms with Crippen molar-refractivity contribution in [3.05, 3.63) is 75.3 Å². The number of carbonyl (C=O) groups excluding carboxylic acids is 1. The highest BCUT2D eigenvalue weighted by Crippen LogP contribution is 2.30. The average molecular weight is 405 g/mol. The van der Waals surface area contributed by atoms with Gasteiger partial charge < -0.3 is 15.0 Å². The topological polar surface area (TPSA) is 84.1 Å². The predicted octanol–water partition coefficient (Wildman–Crippen LogP) is 3.58. The number of hydrogen-bond donors (Lipinski definition) is 2. The van der Waals surface area contributed by atoms with Crippen molar-refractivity contribution < 1.29 is 22.7 Å². The molecule has 0 amide bonds. The third kappa shape index (κ3) is 4.62. The first-order chi connectivity index (χ1) is 13.7. The van der Waals surface area contributed by atoms with E-state index in [4.69, 9.17) is 0 Å². The Hall–Kier alpha value is -3.20. The van der Waals surface area contributed by atoms with Gasteiger partial charge in [0.05, 0.1) is 35.7 Å². The van der Waals surface area contributed by atoms with E-state index in [9.17, 15) is 22.8 Å². The second-order valence-electron chi connectivity index (χ2n) is 6.46. The van der Waals surface area contributed by atoms with Gasteiger partial charge in [0, 0.05) is 6.04 Å². The van der Waals surface area contributed by atoms with Gasteiger partial charge in [-0.3, -0.25) is 4.79 Å². The smallest absolute Gasteiger partial charge is 0.416 e. The Morgan fingerprint density at radius 3 is 2.69 bits per heavy atom. The Morgan fingerprint density at radius 1 is 1.24 bits per heavy atom. The molecule has 3 rings (SSSR count). The monoisotopic (exact) mass is 405 g/mol. The van der Waals surface area contributed by atoms with E-state index < -0.39 is 23.8 Å². The lowest BCUT2D eigenvalue weighted by Crippen LogP contribution is -2.22. The van der Waals surface area contributed by atoms with Crippen LogP contribution in [0.5, 0.6) is 0 Å². The van der Waals surface area contributed by atoms with E-state index >= 15 is 0 Å². The first-order valence-corrected chi connectivity index (χ1v) is 8.71. The summed E-state index contributed by atoms with van der Waals surface area (Å²) < 4.78 is 43.3. The molecule has 2 N–H and O–H groups in total. The molecule has 3 aromatic rings. The molecular formula is C20H18F3N3O3. The molecule has 2 aromatic carbocycles. The van der Waals surface area contributed by atoms with Crippen LogP contribution in [0.1, 0.15) is 40.3 Å². The molecule has 0 radical (unpaired) electrons. The lowest BCUT2D eigenvalue weighted by atomic mass is 10.0. The molecule has 29 heavy (non-hydrogen) atoms. The highest BCUT2D eigenvalue weighted by atomic mass is 19.4. The fraction of sp³-hybridized carbons (Fsp3) is 0.250. The maximum atomic E-state index is 12.9. The van der Waals surface area contributed by atoms with Crippen molar-refractivity contribution in [1.29, 1.82) is 0 Å². The van der Waals surface area contributed by atoms with Gasteiger partial charge in [-0.25, -0.2) is 9.78 Å². The fourth-order valence-corrected chi connectivity index (χ4v) is 2.87. The number of methoxy groups -OCH3 is 1. The van der Waals surface area contributed by atoms with Crippen LogP contribution in [0.3, 0.4) is 0 Å². The van der Waals surface area contributed by atoms with E-state index in [-0.39, 0.29) is 17.7 Å². The standard InChI is InChI=1S/C20H18F3N3O3/c1-11(12-4-3-5-14(8-12)20(21,22)23)24-10-17-25-16-9-13(19(28)29-2)6-7-15(16)18(27)26-17/h3-9,11,24H,10H2,1-2H3,(H,25,26,27). The van der Waals surface area contributed by atoms with E-state index in [1.807, 2.05) is 0 Å². The Balaban J connectivity index is 1.81. The third-order valence-corrected chi connectivity index (χ3v) is 4.47. The number of esters is 1. The summed E-state index contributed by atoms with van der Waals surface area (Å²) in [5.41, 5.74) is -0.0726. The number of aromatic nitrogens is 2. The first kappa shape index (κ1) is 20.5. The Labute approximate surface area is 163 Å². The van der Waals surface area contributed by atoms with Crippen molar-refractivity contribution in [2.75, 3.05) is 7.11 Å². The maximum absolute atomic E-state index is 12.9. The van der Waals surface area contributed by atoms with Gasteiger partial charge in [-0.2, -0.15) is 13.2 Å². The molecule has 0 fully saturated rings. The fourth-order valence-electron chi connectivity index (χ4n) is 2.87. The molecule has 0 aliphatic carbocycles. The van der Waals surface area contributed by atoms with Gasteiger partial charge in [0.25, 0.3) is 5.56 Å². The number of alkyl halides is 3. The van der Waals surface area contributed by atoms with Gasteiger partial charge >= 0.3 is 12.1 Å². The van der Waals surface area contributed by atoms with E-state index in [0.717, 1.165) is 12.1 Å². The summed E-state index contributed by atoms with van der Waals surface area (Å²) >= 11 is 0. The van der Waals surface area contributed by atoms with Crippen LogP contribution in [0, 0.1) is 0 Å². The predicted molar refractivity (Wildman–Crippen MR) is 100 cm³/mol. The summed E-state index contributed by atoms with van der Waals surface area (Å²) in [5, 5.41) is 3.36. The van der Waals surface area contributed by atoms with Gasteiger partial charge in [0.2, 0.25) is 0 Å². The summed E-state index contributed by atoms with van der Waals surface area (Å²) in [6.45, 7) is 1.83. The molecule has 1 heterocycles. The molecule has 1 aromatic heterocycles. The highest BCUT2D eigenvalue weighted by molar-refractivity contribution is 5.93. The van der Waals surface area contributed by atoms with Crippen molar-refractivity contribution in [1.82, 2.24) is 15.3 Å². The summed E-state index contributed by atoms with van der Waals surface area (Å²) in [5.74, 6) is -0.254. The Kier molecular flexibility index (Phi) is 5.69. The molecular weight excluding hydrogens is 387 g/mol. The van der Waals surface area contributed by atoms with Crippen LogP contribution in [0.4, 0.5) is 13.2 Å². The number of carbonyl (C=O) groups is 1. The van der Waals surface area contributed by atoms with E-state index in [0.29, 0.717) is 22.3 Å². The van der Waals surface area contributed by atoms with E-state index in [2.05, 4.69) is 20.0 Å². The van der Waals surface area contributed by atoms with Gasteiger partial charge in [-0.15, -0.1) is 0 Å². The largest absolute Gasteiger partial charge is 0.465 e. The number of nitrogens with one attached hydrogen (secondary N) is 2. The highest BCUT2D eigenvalue weighted by Gasteiger charge is 2.30. The van der Waals surface area contributed by atoms with Crippen molar-refractivity contribution >= 4 is 16.9 Å². The number of halogens is 3. The van der Waals surface area contributed by atoms with Crippen LogP contribution < -0.4 is 10.9 Å². The second-order valence-corrected chi connectivity index (χ2v) is 6.46. The van der Waals surface area contributed by atoms with Crippen molar-refractivity contribution in [3.63, 3.8) is 0 Å². The lowest BCUT2D eigenvalue weighted by molar-refractivity contribution is -0.137. The summed E-state index contributed by atoms with van der Waals surface area (Å²) in [7, 11) is 1.25. The Bertz CT molecular complexity index is 1110. The van der Waals surface area contributed by atoms with Gasteiger partial charge in [-0.05, 0) is 42.8 Å². The molecule has 6 nitrogen and oxygen atoms in total. The van der Waals surface area contributed by atoms with Gasteiger partial charge in [-0.1, -0.05) is 12.1 Å². The number of H-pyrrole nitrogens is 1. The van der Waals surface area contributed by atoms with E-state index in [1.165, 1.54) is 31.4 Å². The minimum atomic E-state index is -4.42. The van der Waals surface area contributed by atoms with Crippen molar-refractivity contribution in [2.45, 2.75) is 25.7 Å². The Morgan fingerprint density at radius 2 is 2.00 bits per heavy atom. The minimum absolute atomic E-state index is 0.116. The van der Waals surface area contributed by atoms with Gasteiger partial charge in [0.15, 0.2) is 0 Å². The molecule has 0 aliphatic heterocycles.